The number of esters is 6. The molecule has 0 amide bonds. The topological polar surface area (TPSA) is 330 Å². The number of hydrogen-bond donors (Lipinski definition) is 6. The molecule has 149 heavy (non-hydrogen) atoms. The summed E-state index contributed by atoms with van der Waals surface area (Å²) in [6, 6.07) is 69.9. The first-order valence-corrected chi connectivity index (χ1v) is 46.6. The van der Waals surface area contributed by atoms with Gasteiger partial charge in [-0.25, -0.2) is 0 Å². The van der Waals surface area contributed by atoms with E-state index in [9.17, 15) is 53.4 Å². The fraction of sp³-hybridized carbons (Fsp3) is 0.452. The Bertz CT molecular complexity index is 4910. The Kier molecular flexibility index (Phi) is 89.9. The van der Waals surface area contributed by atoms with Crippen molar-refractivity contribution in [3.05, 3.63) is 322 Å². The zero-order valence-electron chi connectivity index (χ0n) is 82.3. The van der Waals surface area contributed by atoms with Crippen LogP contribution in [0.5, 0.6) is 17.2 Å². The molecule has 0 fully saturated rings. The number of phenolic OH excluding ortho intramolecular Hbond substituents is 3. The summed E-state index contributed by atoms with van der Waals surface area (Å²) in [6.45, 7) is 36.9. The van der Waals surface area contributed by atoms with Gasteiger partial charge < -0.3 is 59.1 Å². The van der Waals surface area contributed by atoms with Gasteiger partial charge in [-0.2, -0.15) is 0 Å². The summed E-state index contributed by atoms with van der Waals surface area (Å²) in [5.74, 6) is -3.12. The van der Waals surface area contributed by atoms with E-state index >= 15 is 0 Å². The normalized spacial score (nSPS) is 11.2. The third-order valence-electron chi connectivity index (χ3n) is 22.3. The van der Waals surface area contributed by atoms with Crippen LogP contribution in [0.15, 0.2) is 238 Å². The monoisotopic (exact) mass is 2490 g/mol. The third-order valence-corrected chi connectivity index (χ3v) is 22.3. The number of aromatic hydroxyl groups is 3. The number of carboxylic acid groups (broad SMARTS) is 3. The molecule has 826 valence electrons. The maximum atomic E-state index is 12.2. The second-order valence-corrected chi connectivity index (χ2v) is 36.9. The number of carbonyl (C=O) groups is 9. The SMILES string of the molecule is C.C.C.C.C.C.C.C.C.C.C.C.C=Cc1ccc(CC(=O)OC(C)(C)C)cc1.C=Cc1ccc(COC(=O)CC(=O)O)cc1.C=Cc1ccc(O)cc1.CCC(CCCC(CCCC(C)c1ccc(COC(=O)CC(=O)O)cc1)c1ccc(O)cc1)c1ccc(CC(=O)OC(C)(C)C)cc1.CCC(CCCC(CCCC(C)c1ccc(COC(=O)CC(=O)O)cc1)c1ccc(O)cc1)c1ccc(CC(=O)OC(C)(C)C)cc1.[Ac].[Ac]. The first-order chi connectivity index (χ1) is 64.0. The first-order valence-electron chi connectivity index (χ1n) is 46.6. The van der Waals surface area contributed by atoms with Crippen molar-refractivity contribution in [3.63, 3.8) is 0 Å². The van der Waals surface area contributed by atoms with Gasteiger partial charge in [0.25, 0.3) is 0 Å². The molecule has 0 bridgehead atoms. The van der Waals surface area contributed by atoms with Crippen molar-refractivity contribution in [1.82, 2.24) is 0 Å². The predicted octanol–water partition coefficient (Wildman–Crippen LogP) is 33.2. The number of carbonyl (C=O) groups excluding carboxylic acids is 6. The van der Waals surface area contributed by atoms with Gasteiger partial charge in [0.05, 0.1) is 19.3 Å². The van der Waals surface area contributed by atoms with Gasteiger partial charge in [-0.15, -0.1) is 0 Å². The molecule has 0 aliphatic carbocycles. The molecule has 23 heteroatoms. The van der Waals surface area contributed by atoms with E-state index in [0.717, 1.165) is 140 Å². The number of carboxylic acids is 3. The van der Waals surface area contributed by atoms with Gasteiger partial charge in [-0.3, -0.25) is 43.2 Å². The number of aliphatic carboxylic acids is 3. The molecule has 2 radical (unpaired) electrons. The van der Waals surface area contributed by atoms with Crippen molar-refractivity contribution < 1.29 is 190 Å². The summed E-state index contributed by atoms with van der Waals surface area (Å²) >= 11 is 0. The maximum Gasteiger partial charge on any atom is 0.317 e. The van der Waals surface area contributed by atoms with E-state index < -0.39 is 71.9 Å². The molecule has 9 aromatic rings. The van der Waals surface area contributed by atoms with E-state index in [1.165, 1.54) is 33.4 Å². The molecule has 0 aromatic heterocycles. The Morgan fingerprint density at radius 3 is 0.671 bits per heavy atom. The van der Waals surface area contributed by atoms with Crippen LogP contribution in [0.3, 0.4) is 0 Å². The molecule has 9 aromatic carbocycles. The van der Waals surface area contributed by atoms with Crippen molar-refractivity contribution >= 4 is 72.0 Å². The van der Waals surface area contributed by atoms with Gasteiger partial charge in [0.15, 0.2) is 0 Å². The van der Waals surface area contributed by atoms with E-state index in [0.29, 0.717) is 47.7 Å². The molecule has 0 saturated heterocycles. The molecule has 0 aliphatic heterocycles. The van der Waals surface area contributed by atoms with Crippen LogP contribution in [0, 0.1) is 88.1 Å². The largest absolute Gasteiger partial charge is 0.508 e. The summed E-state index contributed by atoms with van der Waals surface area (Å²) in [7, 11) is 0. The van der Waals surface area contributed by atoms with Crippen LogP contribution in [0.2, 0.25) is 0 Å². The molecule has 0 spiro atoms. The number of phenols is 3. The van der Waals surface area contributed by atoms with Gasteiger partial charge >= 0.3 is 53.7 Å². The van der Waals surface area contributed by atoms with Crippen molar-refractivity contribution in [2.24, 2.45) is 0 Å². The van der Waals surface area contributed by atoms with Crippen LogP contribution >= 0.6 is 0 Å². The summed E-state index contributed by atoms with van der Waals surface area (Å²) in [6.07, 6.45) is 19.2. The quantitative estimate of drug-likeness (QED) is 0.0117. The number of benzene rings is 9. The van der Waals surface area contributed by atoms with Crippen molar-refractivity contribution in [2.75, 3.05) is 0 Å². The Hall–Kier alpha value is -10.3. The van der Waals surface area contributed by atoms with Crippen LogP contribution in [0.1, 0.15) is 407 Å². The molecule has 6 N–H and O–H groups in total. The van der Waals surface area contributed by atoms with Crippen LogP contribution in [-0.2, 0) is 111 Å². The van der Waals surface area contributed by atoms with Crippen molar-refractivity contribution in [1.29, 1.82) is 0 Å². The Balaban J connectivity index is -0.000000220. The third kappa shape index (κ3) is 69.0. The van der Waals surface area contributed by atoms with Crippen LogP contribution in [0.4, 0.5) is 0 Å². The minimum absolute atomic E-state index is 0. The number of rotatable bonds is 45. The Morgan fingerprint density at radius 1 is 0.268 bits per heavy atom. The summed E-state index contributed by atoms with van der Waals surface area (Å²) in [5.41, 5.74) is 14.6. The standard InChI is InChI=1S/2C40H52O7.C14H18O2.C12H12O4.C8H8O.12CH4.2Ac/c2*1-6-31(34-19-13-29(14-20-34)25-39(45)47-40(3,4)5)10-8-12-33(35-21-23-36(41)24-22-35)11-7-9-28(2)32-17-15-30(16-18-32)27-46-38(44)26-37(42)43;1-5-11-6-8-12(9-7-11)10-13(15)16-14(2,3)4;1-2-9-3-5-10(6-4-9)8-16-12(15)7-11(13)14;1-2-7-3-5-8(9)6-4-7;;;;;;;;;;;;;;/h2*13-24,28,31,33,41H,6-12,25-27H2,1-5H3,(H,42,43);5-9H,1,10H2,2-4H3;2-6H,1,7-8H2,(H,13,14);2-6,9H,1H2;12*1H4;;. The van der Waals surface area contributed by atoms with Gasteiger partial charge in [0.2, 0.25) is 0 Å². The van der Waals surface area contributed by atoms with Gasteiger partial charge in [0, 0.05) is 88.1 Å². The molecule has 0 heterocycles. The molecular formula is C126H190Ac2O21. The average molecular weight is 2490 g/mol. The van der Waals surface area contributed by atoms with Crippen LogP contribution < -0.4 is 0 Å². The Morgan fingerprint density at radius 2 is 0.450 bits per heavy atom. The molecule has 6 atom stereocenters. The van der Waals surface area contributed by atoms with Crippen LogP contribution in [-0.4, -0.2) is 101 Å². The zero-order chi connectivity index (χ0) is 99.6. The molecular weight excluding hydrogens is 2300 g/mol. The van der Waals surface area contributed by atoms with E-state index in [1.54, 1.807) is 66.8 Å². The molecule has 6 unspecified atom stereocenters. The fourth-order valence-corrected chi connectivity index (χ4v) is 15.0. The van der Waals surface area contributed by atoms with Crippen molar-refractivity contribution in [3.8, 4) is 17.2 Å². The first kappa shape index (κ1) is 159. The minimum atomic E-state index is -1.20. The van der Waals surface area contributed by atoms with E-state index in [4.69, 9.17) is 48.8 Å². The summed E-state index contributed by atoms with van der Waals surface area (Å²) in [4.78, 5) is 101. The average Bonchev–Trinajstić information content (AvgIpc) is 0.855. The fourth-order valence-electron chi connectivity index (χ4n) is 15.0. The van der Waals surface area contributed by atoms with E-state index in [2.05, 4.69) is 96.0 Å². The van der Waals surface area contributed by atoms with Gasteiger partial charge in [-0.1, -0.05) is 362 Å². The van der Waals surface area contributed by atoms with E-state index in [1.807, 2.05) is 184 Å². The Labute approximate surface area is 971 Å². The molecule has 21 nitrogen and oxygen atoms in total. The molecule has 0 saturated carbocycles. The molecule has 9 rings (SSSR count). The zero-order valence-corrected chi connectivity index (χ0v) is 91.8. The maximum absolute atomic E-state index is 12.2. The van der Waals surface area contributed by atoms with E-state index in [-0.39, 0.29) is 239 Å². The molecule has 0 aliphatic rings. The predicted molar refractivity (Wildman–Crippen MR) is 613 cm³/mol. The van der Waals surface area contributed by atoms with Crippen molar-refractivity contribution in [2.45, 2.75) is 380 Å². The van der Waals surface area contributed by atoms with Gasteiger partial charge in [0.1, 0.15) is 73.1 Å². The second-order valence-electron chi connectivity index (χ2n) is 36.9. The van der Waals surface area contributed by atoms with Crippen LogP contribution in [0.25, 0.3) is 18.2 Å². The van der Waals surface area contributed by atoms with Gasteiger partial charge in [-0.05, 0) is 282 Å². The number of hydrogen-bond acceptors (Lipinski definition) is 18. The summed E-state index contributed by atoms with van der Waals surface area (Å²) < 4.78 is 31.0. The second kappa shape index (κ2) is 84.3. The number of ether oxygens (including phenoxy) is 6. The summed E-state index contributed by atoms with van der Waals surface area (Å²) in [5, 5.41) is 54.3. The smallest absolute Gasteiger partial charge is 0.317 e. The minimum Gasteiger partial charge on any atom is -0.508 e.